The Hall–Kier alpha value is -3.65. The number of para-hydroxylation sites is 1. The second-order valence-electron chi connectivity index (χ2n) is 7.77. The molecule has 0 aliphatic carbocycles. The quantitative estimate of drug-likeness (QED) is 0.565. The Balaban J connectivity index is 1.50. The second kappa shape index (κ2) is 9.46. The summed E-state index contributed by atoms with van der Waals surface area (Å²) in [7, 11) is -3.71. The molecule has 2 N–H and O–H groups in total. The van der Waals surface area contributed by atoms with E-state index in [2.05, 4.69) is 10.6 Å². The van der Waals surface area contributed by atoms with E-state index in [1.165, 1.54) is 16.4 Å². The predicted molar refractivity (Wildman–Crippen MR) is 129 cm³/mol. The molecule has 0 saturated heterocycles. The van der Waals surface area contributed by atoms with E-state index < -0.39 is 10.0 Å². The molecular weight excluding hydrogens is 438 g/mol. The number of aryl methyl sites for hydroxylation is 1. The van der Waals surface area contributed by atoms with Crippen LogP contribution in [0.1, 0.15) is 35.7 Å². The molecule has 1 heterocycles. The van der Waals surface area contributed by atoms with Gasteiger partial charge in [0.15, 0.2) is 0 Å². The number of anilines is 3. The lowest BCUT2D eigenvalue weighted by atomic mass is 10.0. The van der Waals surface area contributed by atoms with Gasteiger partial charge in [0.05, 0.1) is 10.6 Å². The van der Waals surface area contributed by atoms with Crippen molar-refractivity contribution in [1.82, 2.24) is 0 Å². The molecule has 4 rings (SSSR count). The molecule has 0 unspecified atom stereocenters. The number of nitrogens with one attached hydrogen (secondary N) is 2. The van der Waals surface area contributed by atoms with Crippen LogP contribution in [0, 0.1) is 0 Å². The van der Waals surface area contributed by atoms with Crippen molar-refractivity contribution in [1.29, 1.82) is 0 Å². The number of fused-ring (bicyclic) bond motifs is 1. The van der Waals surface area contributed by atoms with Crippen LogP contribution in [0.3, 0.4) is 0 Å². The number of nitrogens with zero attached hydrogens (tertiary/aromatic N) is 1. The Morgan fingerprint density at radius 3 is 2.42 bits per heavy atom. The predicted octanol–water partition coefficient (Wildman–Crippen LogP) is 4.43. The van der Waals surface area contributed by atoms with Crippen LogP contribution in [0.4, 0.5) is 17.1 Å². The Kier molecular flexibility index (Phi) is 6.46. The van der Waals surface area contributed by atoms with Crippen molar-refractivity contribution in [2.45, 2.75) is 31.1 Å². The zero-order valence-corrected chi connectivity index (χ0v) is 19.1. The Morgan fingerprint density at radius 2 is 1.67 bits per heavy atom. The molecule has 0 aromatic heterocycles. The van der Waals surface area contributed by atoms with E-state index >= 15 is 0 Å². The van der Waals surface area contributed by atoms with Crippen molar-refractivity contribution in [2.75, 3.05) is 21.5 Å². The summed E-state index contributed by atoms with van der Waals surface area (Å²) in [6.45, 7) is 2.18. The van der Waals surface area contributed by atoms with Crippen molar-refractivity contribution in [3.63, 3.8) is 0 Å². The van der Waals surface area contributed by atoms with E-state index in [9.17, 15) is 18.0 Å². The Morgan fingerprint density at radius 1 is 0.909 bits per heavy atom. The molecule has 3 aromatic carbocycles. The van der Waals surface area contributed by atoms with Crippen LogP contribution < -0.4 is 14.9 Å². The molecule has 3 aromatic rings. The highest BCUT2D eigenvalue weighted by atomic mass is 32.2. The molecule has 8 heteroatoms. The molecule has 0 atom stereocenters. The van der Waals surface area contributed by atoms with Gasteiger partial charge in [0.1, 0.15) is 0 Å². The van der Waals surface area contributed by atoms with E-state index in [-0.39, 0.29) is 16.7 Å². The number of hydrogen-bond donors (Lipinski definition) is 2. The summed E-state index contributed by atoms with van der Waals surface area (Å²) < 4.78 is 28.0. The summed E-state index contributed by atoms with van der Waals surface area (Å²) in [5, 5.41) is 5.49. The third-order valence-electron chi connectivity index (χ3n) is 5.50. The van der Waals surface area contributed by atoms with Gasteiger partial charge in [-0.2, -0.15) is 0 Å². The van der Waals surface area contributed by atoms with Crippen molar-refractivity contribution in [2.24, 2.45) is 0 Å². The molecule has 0 radical (unpaired) electrons. The molecule has 0 spiro atoms. The molecule has 1 aliphatic rings. The maximum absolute atomic E-state index is 13.3. The van der Waals surface area contributed by atoms with Gasteiger partial charge in [-0.05, 0) is 66.9 Å². The molecule has 0 fully saturated rings. The van der Waals surface area contributed by atoms with Gasteiger partial charge in [0.2, 0.25) is 5.91 Å². The molecule has 0 saturated carbocycles. The second-order valence-corrected chi connectivity index (χ2v) is 9.63. The fraction of sp³-hybridized carbons (Fsp3) is 0.200. The highest BCUT2D eigenvalue weighted by Gasteiger charge is 2.28. The average Bonchev–Trinajstić information content (AvgIpc) is 2.84. The summed E-state index contributed by atoms with van der Waals surface area (Å²) in [5.74, 6) is -0.496. The van der Waals surface area contributed by atoms with Gasteiger partial charge < -0.3 is 10.6 Å². The molecule has 7 nitrogen and oxygen atoms in total. The van der Waals surface area contributed by atoms with Gasteiger partial charge in [0, 0.05) is 29.9 Å². The topological polar surface area (TPSA) is 95.6 Å². The zero-order chi connectivity index (χ0) is 23.4. The van der Waals surface area contributed by atoms with Crippen LogP contribution in [0.25, 0.3) is 0 Å². The number of carbonyl (C=O) groups excluding carboxylic acids is 2. The number of carbonyl (C=O) groups is 2. The van der Waals surface area contributed by atoms with Crippen molar-refractivity contribution < 1.29 is 18.0 Å². The van der Waals surface area contributed by atoms with Crippen LogP contribution in [0.2, 0.25) is 0 Å². The monoisotopic (exact) mass is 463 g/mol. The third kappa shape index (κ3) is 4.90. The summed E-state index contributed by atoms with van der Waals surface area (Å²) in [6.07, 6.45) is 1.97. The summed E-state index contributed by atoms with van der Waals surface area (Å²) >= 11 is 0. The normalized spacial score (nSPS) is 13.2. The Labute approximate surface area is 193 Å². The molecular formula is C25H25N3O4S. The molecule has 33 heavy (non-hydrogen) atoms. The van der Waals surface area contributed by atoms with Crippen LogP contribution in [0.5, 0.6) is 0 Å². The van der Waals surface area contributed by atoms with Gasteiger partial charge in [-0.25, -0.2) is 8.42 Å². The van der Waals surface area contributed by atoms with Gasteiger partial charge in [-0.1, -0.05) is 31.2 Å². The smallest absolute Gasteiger partial charge is 0.264 e. The van der Waals surface area contributed by atoms with Gasteiger partial charge in [0.25, 0.3) is 15.9 Å². The fourth-order valence-corrected chi connectivity index (χ4v) is 5.32. The van der Waals surface area contributed by atoms with E-state index in [1.54, 1.807) is 43.3 Å². The SMILES string of the molecule is CCC(=O)Nc1cccc(C(=O)Nc2ccc(S(=O)(=O)N3CCCc4ccccc43)cc2)c1. The lowest BCUT2D eigenvalue weighted by Crippen LogP contribution is -2.35. The minimum Gasteiger partial charge on any atom is -0.326 e. The summed E-state index contributed by atoms with van der Waals surface area (Å²) in [6, 6.07) is 20.3. The van der Waals surface area contributed by atoms with Crippen LogP contribution in [-0.4, -0.2) is 26.8 Å². The Bertz CT molecular complexity index is 1290. The number of amides is 2. The summed E-state index contributed by atoms with van der Waals surface area (Å²) in [5.41, 5.74) is 3.13. The van der Waals surface area contributed by atoms with Crippen LogP contribution in [0.15, 0.2) is 77.7 Å². The number of sulfonamides is 1. The van der Waals surface area contributed by atoms with Gasteiger partial charge >= 0.3 is 0 Å². The van der Waals surface area contributed by atoms with Crippen molar-refractivity contribution >= 4 is 38.9 Å². The maximum Gasteiger partial charge on any atom is 0.264 e. The number of rotatable bonds is 6. The van der Waals surface area contributed by atoms with Crippen molar-refractivity contribution in [3.05, 3.63) is 83.9 Å². The van der Waals surface area contributed by atoms with Gasteiger partial charge in [-0.15, -0.1) is 0 Å². The van der Waals surface area contributed by atoms with Crippen LogP contribution >= 0.6 is 0 Å². The number of hydrogen-bond acceptors (Lipinski definition) is 4. The van der Waals surface area contributed by atoms with Crippen molar-refractivity contribution in [3.8, 4) is 0 Å². The first-order chi connectivity index (χ1) is 15.9. The first kappa shape index (κ1) is 22.5. The number of benzene rings is 3. The maximum atomic E-state index is 13.3. The van der Waals surface area contributed by atoms with E-state index in [0.717, 1.165) is 24.1 Å². The molecule has 2 amide bonds. The van der Waals surface area contributed by atoms with Gasteiger partial charge in [-0.3, -0.25) is 13.9 Å². The van der Waals surface area contributed by atoms with E-state index in [0.29, 0.717) is 29.9 Å². The first-order valence-corrected chi connectivity index (χ1v) is 12.2. The highest BCUT2D eigenvalue weighted by Crippen LogP contribution is 2.32. The average molecular weight is 464 g/mol. The molecule has 1 aliphatic heterocycles. The first-order valence-electron chi connectivity index (χ1n) is 10.8. The molecule has 0 bridgehead atoms. The standard InChI is InChI=1S/C25H25N3O4S/c1-2-24(29)26-21-10-5-8-19(17-21)25(30)27-20-12-14-22(15-13-20)33(31,32)28-16-6-9-18-7-3-4-11-23(18)28/h3-5,7-8,10-15,17H,2,6,9,16H2,1H3,(H,26,29)(H,27,30). The highest BCUT2D eigenvalue weighted by molar-refractivity contribution is 7.92. The minimum absolute atomic E-state index is 0.138. The summed E-state index contributed by atoms with van der Waals surface area (Å²) in [4.78, 5) is 24.4. The molecule has 170 valence electrons. The zero-order valence-electron chi connectivity index (χ0n) is 18.2. The lowest BCUT2D eigenvalue weighted by Gasteiger charge is -2.30. The third-order valence-corrected chi connectivity index (χ3v) is 7.32. The van der Waals surface area contributed by atoms with E-state index in [4.69, 9.17) is 0 Å². The fourth-order valence-electron chi connectivity index (χ4n) is 3.78. The minimum atomic E-state index is -3.71. The van der Waals surface area contributed by atoms with E-state index in [1.807, 2.05) is 24.3 Å². The largest absolute Gasteiger partial charge is 0.326 e. The lowest BCUT2D eigenvalue weighted by molar-refractivity contribution is -0.115. The van der Waals surface area contributed by atoms with Crippen LogP contribution in [-0.2, 0) is 21.2 Å².